The van der Waals surface area contributed by atoms with Gasteiger partial charge in [0.15, 0.2) is 12.2 Å². The highest BCUT2D eigenvalue weighted by Gasteiger charge is 2.30. The summed E-state index contributed by atoms with van der Waals surface area (Å²) in [5.74, 6) is -2.23. The van der Waals surface area contributed by atoms with Crippen molar-refractivity contribution in [2.45, 2.75) is 380 Å². The predicted octanol–water partition coefficient (Wildman–Crippen LogP) is 23.2. The minimum atomic E-state index is -4.99. The normalized spacial score (nSPS) is 14.3. The molecule has 0 bridgehead atoms. The van der Waals surface area contributed by atoms with E-state index in [9.17, 15) is 43.2 Å². The number of phosphoric acid groups is 2. The largest absolute Gasteiger partial charge is 0.472 e. The van der Waals surface area contributed by atoms with E-state index in [1.54, 1.807) is 0 Å². The van der Waals surface area contributed by atoms with Gasteiger partial charge in [0, 0.05) is 25.7 Å². The molecule has 0 fully saturated rings. The minimum absolute atomic E-state index is 0.0204. The van der Waals surface area contributed by atoms with E-state index in [4.69, 9.17) is 37.0 Å². The number of phosphoric ester groups is 2. The second kappa shape index (κ2) is 73.8. The van der Waals surface area contributed by atoms with Crippen molar-refractivity contribution in [2.24, 2.45) is 0 Å². The number of aliphatic hydroxyl groups excluding tert-OH is 1. The molecule has 0 aromatic carbocycles. The Bertz CT molecular complexity index is 2180. The first-order valence-electron chi connectivity index (χ1n) is 40.2. The van der Waals surface area contributed by atoms with Crippen LogP contribution < -0.4 is 0 Å². The molecule has 0 saturated heterocycles. The number of hydrogen-bond donors (Lipinski definition) is 3. The van der Waals surface area contributed by atoms with E-state index in [0.29, 0.717) is 32.1 Å². The molecule has 0 aliphatic rings. The van der Waals surface area contributed by atoms with Crippen LogP contribution in [0, 0.1) is 0 Å². The Hall–Kier alpha value is -3.50. The fourth-order valence-electron chi connectivity index (χ4n) is 11.0. The van der Waals surface area contributed by atoms with E-state index in [2.05, 4.69) is 88.5 Å². The molecule has 0 spiro atoms. The summed E-state index contributed by atoms with van der Waals surface area (Å²) in [5, 5.41) is 10.6. The van der Waals surface area contributed by atoms with E-state index in [0.717, 1.165) is 128 Å². The SMILES string of the molecule is CCCCC/C=C\C/C=C\C/C=C\C/C=C\CCCC(=O)O[C@H](COC(=O)CCCCCCC/C=C\CCCCCCCC)COP(=O)(O)OC[C@@H](O)COP(=O)(O)OC[C@@H](COC(=O)CCCCCCCCC/C=C\CCCCCC)OC(=O)CCCCCCCCCCCCCCC. The van der Waals surface area contributed by atoms with E-state index in [-0.39, 0.29) is 25.7 Å². The minimum Gasteiger partial charge on any atom is -0.462 e. The lowest BCUT2D eigenvalue weighted by atomic mass is 10.0. The lowest BCUT2D eigenvalue weighted by Gasteiger charge is -2.21. The molecular weight excluding hydrogens is 1310 g/mol. The summed E-state index contributed by atoms with van der Waals surface area (Å²) in [6, 6.07) is 0. The molecule has 0 rings (SSSR count). The average molecular weight is 1450 g/mol. The van der Waals surface area contributed by atoms with Crippen LogP contribution in [0.15, 0.2) is 72.9 Å². The molecular formula is C81H146O17P2. The molecule has 0 aromatic heterocycles. The Morgan fingerprint density at radius 3 is 0.830 bits per heavy atom. The molecule has 0 radical (unpaired) electrons. The van der Waals surface area contributed by atoms with E-state index >= 15 is 0 Å². The molecule has 582 valence electrons. The topological polar surface area (TPSA) is 237 Å². The summed E-state index contributed by atoms with van der Waals surface area (Å²) in [4.78, 5) is 72.9. The quantitative estimate of drug-likeness (QED) is 0.0169. The summed E-state index contributed by atoms with van der Waals surface area (Å²) in [6.45, 7) is 4.81. The standard InChI is InChI=1S/C81H146O17P2/c1-5-9-13-17-21-25-29-33-36-37-40-44-48-52-56-60-64-68-81(86)98-77(72-92-79(84)66-62-58-54-50-46-43-39-35-31-27-23-19-15-11-7-3)74-96-100(89,90)94-70-75(82)69-93-99(87,88)95-73-76(97-80(85)67-63-59-55-51-47-41-32-28-24-20-16-12-8-4)71-91-78(83)65-61-57-53-49-45-42-38-34-30-26-22-18-14-10-6-2/h21,25-26,30,33,35-36,39-40,44,52,56,75-77,82H,5-20,22-24,27-29,31-32,34,37-38,41-43,45-51,53-55,57-74H2,1-4H3,(H,87,88)(H,89,90)/b25-21-,30-26-,36-33-,39-35-,44-40-,56-52-/t75-,76+,77+/m0/s1. The van der Waals surface area contributed by atoms with Crippen molar-refractivity contribution in [1.82, 2.24) is 0 Å². The van der Waals surface area contributed by atoms with Crippen molar-refractivity contribution in [3.63, 3.8) is 0 Å². The summed E-state index contributed by atoms with van der Waals surface area (Å²) in [7, 11) is -9.96. The molecule has 0 aliphatic carbocycles. The Balaban J connectivity index is 5.38. The Morgan fingerprint density at radius 1 is 0.280 bits per heavy atom. The fourth-order valence-corrected chi connectivity index (χ4v) is 12.5. The van der Waals surface area contributed by atoms with Gasteiger partial charge in [-0.05, 0) is 116 Å². The van der Waals surface area contributed by atoms with Crippen LogP contribution in [-0.2, 0) is 65.4 Å². The van der Waals surface area contributed by atoms with Crippen LogP contribution in [0.5, 0.6) is 0 Å². The first-order valence-corrected chi connectivity index (χ1v) is 43.2. The van der Waals surface area contributed by atoms with Crippen LogP contribution in [0.1, 0.15) is 362 Å². The lowest BCUT2D eigenvalue weighted by Crippen LogP contribution is -2.30. The smallest absolute Gasteiger partial charge is 0.462 e. The molecule has 2 unspecified atom stereocenters. The number of rotatable bonds is 76. The third-order valence-electron chi connectivity index (χ3n) is 17.1. The van der Waals surface area contributed by atoms with Crippen LogP contribution in [0.2, 0.25) is 0 Å². The molecule has 0 saturated carbocycles. The Labute approximate surface area is 609 Å². The molecule has 5 atom stereocenters. The highest BCUT2D eigenvalue weighted by atomic mass is 31.2. The van der Waals surface area contributed by atoms with Crippen LogP contribution in [0.4, 0.5) is 0 Å². The van der Waals surface area contributed by atoms with E-state index in [1.807, 2.05) is 12.2 Å². The van der Waals surface area contributed by atoms with Gasteiger partial charge in [-0.1, -0.05) is 293 Å². The summed E-state index contributed by atoms with van der Waals surface area (Å²) in [6.07, 6.45) is 74.5. The van der Waals surface area contributed by atoms with E-state index in [1.165, 1.54) is 148 Å². The van der Waals surface area contributed by atoms with Crippen molar-refractivity contribution in [3.05, 3.63) is 72.9 Å². The zero-order chi connectivity index (χ0) is 73.2. The third kappa shape index (κ3) is 72.8. The molecule has 0 heterocycles. The number of carbonyl (C=O) groups excluding carboxylic acids is 4. The van der Waals surface area contributed by atoms with Gasteiger partial charge in [-0.2, -0.15) is 0 Å². The predicted molar refractivity (Wildman–Crippen MR) is 409 cm³/mol. The maximum Gasteiger partial charge on any atom is 0.472 e. The summed E-state index contributed by atoms with van der Waals surface area (Å²) >= 11 is 0. The number of hydrogen-bond acceptors (Lipinski definition) is 15. The summed E-state index contributed by atoms with van der Waals surface area (Å²) in [5.41, 5.74) is 0. The van der Waals surface area contributed by atoms with Gasteiger partial charge in [-0.25, -0.2) is 9.13 Å². The maximum absolute atomic E-state index is 13.1. The Morgan fingerprint density at radius 2 is 0.500 bits per heavy atom. The third-order valence-corrected chi connectivity index (χ3v) is 19.0. The second-order valence-electron chi connectivity index (χ2n) is 27.0. The van der Waals surface area contributed by atoms with Crippen molar-refractivity contribution < 1.29 is 80.2 Å². The summed E-state index contributed by atoms with van der Waals surface area (Å²) < 4.78 is 68.5. The number of carbonyl (C=O) groups is 4. The van der Waals surface area contributed by atoms with Crippen molar-refractivity contribution in [2.75, 3.05) is 39.6 Å². The first-order chi connectivity index (χ1) is 48.7. The first kappa shape index (κ1) is 96.5. The molecule has 19 heteroatoms. The maximum atomic E-state index is 13.1. The van der Waals surface area contributed by atoms with E-state index < -0.39 is 97.5 Å². The van der Waals surface area contributed by atoms with Crippen molar-refractivity contribution >= 4 is 39.5 Å². The van der Waals surface area contributed by atoms with Crippen LogP contribution in [0.3, 0.4) is 0 Å². The zero-order valence-corrected chi connectivity index (χ0v) is 65.4. The second-order valence-corrected chi connectivity index (χ2v) is 29.9. The molecule has 0 amide bonds. The van der Waals surface area contributed by atoms with Crippen LogP contribution in [-0.4, -0.2) is 96.7 Å². The fraction of sp³-hybridized carbons (Fsp3) is 0.802. The lowest BCUT2D eigenvalue weighted by molar-refractivity contribution is -0.161. The molecule has 0 aliphatic heterocycles. The number of ether oxygens (including phenoxy) is 4. The van der Waals surface area contributed by atoms with Gasteiger partial charge in [-0.3, -0.25) is 37.3 Å². The number of esters is 4. The van der Waals surface area contributed by atoms with Crippen molar-refractivity contribution in [3.8, 4) is 0 Å². The monoisotopic (exact) mass is 1450 g/mol. The van der Waals surface area contributed by atoms with Gasteiger partial charge in [-0.15, -0.1) is 0 Å². The van der Waals surface area contributed by atoms with Crippen LogP contribution in [0.25, 0.3) is 0 Å². The molecule has 0 aromatic rings. The molecule has 3 N–H and O–H groups in total. The van der Waals surface area contributed by atoms with Crippen molar-refractivity contribution in [1.29, 1.82) is 0 Å². The highest BCUT2D eigenvalue weighted by Crippen LogP contribution is 2.45. The zero-order valence-electron chi connectivity index (χ0n) is 63.6. The average Bonchev–Trinajstić information content (AvgIpc) is 0.962. The van der Waals surface area contributed by atoms with Gasteiger partial charge in [0.2, 0.25) is 0 Å². The molecule has 100 heavy (non-hydrogen) atoms. The number of aliphatic hydroxyl groups is 1. The van der Waals surface area contributed by atoms with Gasteiger partial charge in [0.25, 0.3) is 0 Å². The van der Waals surface area contributed by atoms with Gasteiger partial charge in [0.05, 0.1) is 26.4 Å². The van der Waals surface area contributed by atoms with Gasteiger partial charge in [0.1, 0.15) is 19.3 Å². The number of allylic oxidation sites excluding steroid dienone is 12. The number of unbranched alkanes of at least 4 members (excludes halogenated alkanes) is 38. The molecule has 17 nitrogen and oxygen atoms in total. The van der Waals surface area contributed by atoms with Crippen LogP contribution >= 0.6 is 15.6 Å². The Kier molecular flexibility index (Phi) is 71.2. The highest BCUT2D eigenvalue weighted by molar-refractivity contribution is 7.47. The van der Waals surface area contributed by atoms with Gasteiger partial charge < -0.3 is 33.8 Å². The van der Waals surface area contributed by atoms with Gasteiger partial charge >= 0.3 is 39.5 Å².